The van der Waals surface area contributed by atoms with Crippen molar-refractivity contribution in [3.8, 4) is 0 Å². The summed E-state index contributed by atoms with van der Waals surface area (Å²) in [5, 5.41) is 3.35. The van der Waals surface area contributed by atoms with Crippen LogP contribution >= 0.6 is 24.0 Å². The summed E-state index contributed by atoms with van der Waals surface area (Å²) in [6.07, 6.45) is 1.01. The van der Waals surface area contributed by atoms with Crippen molar-refractivity contribution < 1.29 is 4.79 Å². The van der Waals surface area contributed by atoms with Gasteiger partial charge in [0.25, 0.3) is 0 Å². The first-order valence-electron chi connectivity index (χ1n) is 10.5. The maximum atomic E-state index is 12.8. The minimum absolute atomic E-state index is 0. The lowest BCUT2D eigenvalue weighted by molar-refractivity contribution is -0.129. The number of nitrogens with one attached hydrogen (secondary N) is 1. The molecule has 0 bridgehead atoms. The Balaban J connectivity index is 0.00000256. The fourth-order valence-electron chi connectivity index (χ4n) is 4.05. The van der Waals surface area contributed by atoms with Crippen LogP contribution < -0.4 is 15.1 Å². The van der Waals surface area contributed by atoms with Gasteiger partial charge in [-0.2, -0.15) is 0 Å². The first-order valence-corrected chi connectivity index (χ1v) is 10.5. The highest BCUT2D eigenvalue weighted by atomic mass is 127. The number of anilines is 2. The average molecular weight is 519 g/mol. The van der Waals surface area contributed by atoms with Gasteiger partial charge in [0.2, 0.25) is 5.91 Å². The van der Waals surface area contributed by atoms with Crippen molar-refractivity contribution in [2.75, 3.05) is 55.6 Å². The number of hydrogen-bond acceptors (Lipinski definition) is 3. The molecule has 0 aliphatic carbocycles. The van der Waals surface area contributed by atoms with Crippen LogP contribution in [0.3, 0.4) is 0 Å². The van der Waals surface area contributed by atoms with E-state index in [9.17, 15) is 4.79 Å². The highest BCUT2D eigenvalue weighted by molar-refractivity contribution is 14.0. The van der Waals surface area contributed by atoms with Crippen LogP contribution in [0.4, 0.5) is 11.4 Å². The van der Waals surface area contributed by atoms with Crippen molar-refractivity contribution in [3.05, 3.63) is 60.2 Å². The number of guanidine groups is 1. The largest absolute Gasteiger partial charge is 0.368 e. The molecule has 2 aliphatic rings. The summed E-state index contributed by atoms with van der Waals surface area (Å²) >= 11 is 0. The lowest BCUT2D eigenvalue weighted by Crippen LogP contribution is -2.49. The summed E-state index contributed by atoms with van der Waals surface area (Å²) in [5.74, 6) is 0.898. The highest BCUT2D eigenvalue weighted by Gasteiger charge is 2.24. The van der Waals surface area contributed by atoms with Crippen molar-refractivity contribution in [2.24, 2.45) is 4.99 Å². The maximum absolute atomic E-state index is 12.8. The molecule has 7 heteroatoms. The van der Waals surface area contributed by atoms with E-state index in [1.807, 2.05) is 11.0 Å². The Bertz CT molecular complexity index is 865. The molecule has 2 heterocycles. The molecule has 0 aromatic heterocycles. The van der Waals surface area contributed by atoms with Gasteiger partial charge in [0.05, 0.1) is 0 Å². The number of aliphatic imine (C=N–C) groups is 1. The van der Waals surface area contributed by atoms with Crippen LogP contribution in [0.15, 0.2) is 59.6 Å². The summed E-state index contributed by atoms with van der Waals surface area (Å²) < 4.78 is 0. The van der Waals surface area contributed by atoms with Crippen LogP contribution in [0.2, 0.25) is 0 Å². The van der Waals surface area contributed by atoms with Crippen molar-refractivity contribution in [3.63, 3.8) is 0 Å². The minimum atomic E-state index is 0. The number of rotatable bonds is 4. The normalized spacial score (nSPS) is 16.2. The summed E-state index contributed by atoms with van der Waals surface area (Å²) in [5.41, 5.74) is 3.75. The minimum Gasteiger partial charge on any atom is -0.368 e. The lowest BCUT2D eigenvalue weighted by Gasteiger charge is -2.36. The van der Waals surface area contributed by atoms with Crippen LogP contribution in [-0.2, 0) is 11.2 Å². The quantitative estimate of drug-likeness (QED) is 0.384. The second kappa shape index (κ2) is 10.7. The zero-order valence-electron chi connectivity index (χ0n) is 17.5. The second-order valence-corrected chi connectivity index (χ2v) is 7.40. The number of piperazine rings is 1. The molecule has 30 heavy (non-hydrogen) atoms. The van der Waals surface area contributed by atoms with Crippen LogP contribution in [0.25, 0.3) is 0 Å². The van der Waals surface area contributed by atoms with Crippen molar-refractivity contribution in [2.45, 2.75) is 13.3 Å². The van der Waals surface area contributed by atoms with Gasteiger partial charge >= 0.3 is 0 Å². The van der Waals surface area contributed by atoms with Gasteiger partial charge in [0.15, 0.2) is 5.96 Å². The molecule has 6 nitrogen and oxygen atoms in total. The van der Waals surface area contributed by atoms with E-state index in [2.05, 4.69) is 75.6 Å². The zero-order chi connectivity index (χ0) is 20.1. The number of fused-ring (bicyclic) bond motifs is 1. The molecule has 0 unspecified atom stereocenters. The van der Waals surface area contributed by atoms with Crippen LogP contribution in [0.1, 0.15) is 12.5 Å². The lowest BCUT2D eigenvalue weighted by atomic mass is 10.2. The Kier molecular flexibility index (Phi) is 7.95. The van der Waals surface area contributed by atoms with E-state index in [1.165, 1.54) is 16.9 Å². The highest BCUT2D eigenvalue weighted by Crippen LogP contribution is 2.27. The summed E-state index contributed by atoms with van der Waals surface area (Å²) in [4.78, 5) is 23.9. The smallest absolute Gasteiger partial charge is 0.244 e. The predicted octanol–water partition coefficient (Wildman–Crippen LogP) is 2.98. The number of benzene rings is 2. The number of amides is 1. The zero-order valence-corrected chi connectivity index (χ0v) is 19.8. The molecule has 0 saturated carbocycles. The summed E-state index contributed by atoms with van der Waals surface area (Å²) in [6, 6.07) is 18.8. The van der Waals surface area contributed by atoms with E-state index < -0.39 is 0 Å². The third-order valence-corrected chi connectivity index (χ3v) is 5.60. The Hall–Kier alpha value is -2.29. The van der Waals surface area contributed by atoms with E-state index in [0.717, 1.165) is 51.6 Å². The van der Waals surface area contributed by atoms with Gasteiger partial charge < -0.3 is 20.0 Å². The average Bonchev–Trinajstić information content (AvgIpc) is 3.21. The van der Waals surface area contributed by atoms with Gasteiger partial charge in [-0.25, -0.2) is 4.99 Å². The Morgan fingerprint density at radius 1 is 0.967 bits per heavy atom. The van der Waals surface area contributed by atoms with Crippen molar-refractivity contribution >= 4 is 47.2 Å². The first kappa shape index (κ1) is 22.4. The maximum Gasteiger partial charge on any atom is 0.244 e. The molecule has 4 rings (SSSR count). The molecule has 1 saturated heterocycles. The van der Waals surface area contributed by atoms with E-state index in [0.29, 0.717) is 0 Å². The molecule has 2 aromatic carbocycles. The van der Waals surface area contributed by atoms with Crippen molar-refractivity contribution in [1.82, 2.24) is 10.2 Å². The van der Waals surface area contributed by atoms with E-state index >= 15 is 0 Å². The molecule has 0 atom stereocenters. The Morgan fingerprint density at radius 2 is 1.67 bits per heavy atom. The van der Waals surface area contributed by atoms with Gasteiger partial charge in [-0.05, 0) is 37.1 Å². The molecular weight excluding hydrogens is 489 g/mol. The van der Waals surface area contributed by atoms with Crippen LogP contribution in [0, 0.1) is 0 Å². The number of carbonyl (C=O) groups excluding carboxylic acids is 1. The standard InChI is InChI=1S/C23H29N5O.HI/c1-2-24-23(28-13-12-19-8-6-7-11-21(19)28)25-18-22(29)27-16-14-26(15-17-27)20-9-4-3-5-10-20;/h3-11H,2,12-18H2,1H3,(H,24,25);1H. The molecule has 160 valence electrons. The fourth-order valence-corrected chi connectivity index (χ4v) is 4.05. The Labute approximate surface area is 196 Å². The molecule has 1 N–H and O–H groups in total. The topological polar surface area (TPSA) is 51.2 Å². The van der Waals surface area contributed by atoms with E-state index in [1.54, 1.807) is 0 Å². The SMILES string of the molecule is CCNC(=NCC(=O)N1CCN(c2ccccc2)CC1)N1CCc2ccccc21.I. The van der Waals surface area contributed by atoms with Crippen molar-refractivity contribution in [1.29, 1.82) is 0 Å². The fraction of sp³-hybridized carbons (Fsp3) is 0.391. The molecule has 0 radical (unpaired) electrons. The number of halogens is 1. The number of hydrogen-bond donors (Lipinski definition) is 1. The van der Waals surface area contributed by atoms with Crippen LogP contribution in [-0.4, -0.2) is 62.6 Å². The summed E-state index contributed by atoms with van der Waals surface area (Å²) in [6.45, 7) is 7.13. The molecule has 1 fully saturated rings. The molecule has 2 aromatic rings. The van der Waals surface area contributed by atoms with Gasteiger partial charge in [-0.1, -0.05) is 36.4 Å². The number of nitrogens with zero attached hydrogens (tertiary/aromatic N) is 4. The molecular formula is C23H30IN5O. The molecule has 1 amide bonds. The van der Waals surface area contributed by atoms with Gasteiger partial charge in [-0.3, -0.25) is 4.79 Å². The van der Waals surface area contributed by atoms with Gasteiger partial charge in [-0.15, -0.1) is 24.0 Å². The van der Waals surface area contributed by atoms with Crippen LogP contribution in [0.5, 0.6) is 0 Å². The Morgan fingerprint density at radius 3 is 2.40 bits per heavy atom. The van der Waals surface area contributed by atoms with E-state index in [-0.39, 0.29) is 36.4 Å². The van der Waals surface area contributed by atoms with E-state index in [4.69, 9.17) is 0 Å². The van der Waals surface area contributed by atoms with Gasteiger partial charge in [0, 0.05) is 50.6 Å². The van der Waals surface area contributed by atoms with Gasteiger partial charge in [0.1, 0.15) is 6.54 Å². The first-order chi connectivity index (χ1) is 14.3. The monoisotopic (exact) mass is 519 g/mol. The third-order valence-electron chi connectivity index (χ3n) is 5.60. The number of para-hydroxylation sites is 2. The molecule has 0 spiro atoms. The predicted molar refractivity (Wildman–Crippen MR) is 134 cm³/mol. The number of carbonyl (C=O) groups is 1. The summed E-state index contributed by atoms with van der Waals surface area (Å²) in [7, 11) is 0. The second-order valence-electron chi connectivity index (χ2n) is 7.40. The molecule has 2 aliphatic heterocycles. The third kappa shape index (κ3) is 5.06.